The number of benzene rings is 1. The van der Waals surface area contributed by atoms with Crippen LogP contribution in [-0.4, -0.2) is 24.7 Å². The van der Waals surface area contributed by atoms with Gasteiger partial charge < -0.3 is 10.6 Å². The van der Waals surface area contributed by atoms with Gasteiger partial charge in [0.1, 0.15) is 5.82 Å². The Labute approximate surface area is 150 Å². The SMILES string of the molecule is Cc1c(CNC(=S)Nc2cnn(Cc3ccc(F)cc3)c2)cnn1C. The lowest BCUT2D eigenvalue weighted by atomic mass is 10.2. The van der Waals surface area contributed by atoms with Crippen molar-refractivity contribution in [2.45, 2.75) is 20.0 Å². The molecule has 2 aromatic heterocycles. The highest BCUT2D eigenvalue weighted by molar-refractivity contribution is 7.80. The minimum atomic E-state index is -0.244. The van der Waals surface area contributed by atoms with Crippen molar-refractivity contribution in [1.82, 2.24) is 24.9 Å². The van der Waals surface area contributed by atoms with Crippen LogP contribution < -0.4 is 10.6 Å². The van der Waals surface area contributed by atoms with Crippen LogP contribution in [-0.2, 0) is 20.1 Å². The summed E-state index contributed by atoms with van der Waals surface area (Å²) in [6, 6.07) is 6.37. The van der Waals surface area contributed by atoms with E-state index in [0.717, 1.165) is 22.5 Å². The number of thiocarbonyl (C=S) groups is 1. The van der Waals surface area contributed by atoms with Gasteiger partial charge in [0.15, 0.2) is 5.11 Å². The largest absolute Gasteiger partial charge is 0.358 e. The fourth-order valence-corrected chi connectivity index (χ4v) is 2.55. The van der Waals surface area contributed by atoms with Gasteiger partial charge >= 0.3 is 0 Å². The number of aromatic nitrogens is 4. The van der Waals surface area contributed by atoms with Crippen molar-refractivity contribution in [2.24, 2.45) is 7.05 Å². The van der Waals surface area contributed by atoms with E-state index in [1.54, 1.807) is 23.0 Å². The standard InChI is InChI=1S/C17H19FN6S/c1-12-14(8-20-23(12)2)7-19-17(25)22-16-9-21-24(11-16)10-13-3-5-15(18)6-4-13/h3-6,8-9,11H,7,10H2,1-2H3,(H2,19,22,25). The van der Waals surface area contributed by atoms with Crippen molar-refractivity contribution < 1.29 is 4.39 Å². The van der Waals surface area contributed by atoms with Crippen LogP contribution in [0, 0.1) is 12.7 Å². The Balaban J connectivity index is 1.53. The molecule has 0 saturated heterocycles. The minimum absolute atomic E-state index is 0.244. The molecule has 6 nitrogen and oxygen atoms in total. The molecule has 0 aliphatic carbocycles. The first kappa shape index (κ1) is 17.1. The smallest absolute Gasteiger partial charge is 0.171 e. The van der Waals surface area contributed by atoms with Crippen molar-refractivity contribution in [3.63, 3.8) is 0 Å². The van der Waals surface area contributed by atoms with Gasteiger partial charge in [-0.15, -0.1) is 0 Å². The molecule has 2 heterocycles. The van der Waals surface area contributed by atoms with E-state index in [0.29, 0.717) is 18.2 Å². The van der Waals surface area contributed by atoms with Crippen molar-refractivity contribution in [1.29, 1.82) is 0 Å². The third kappa shape index (κ3) is 4.42. The first-order valence-electron chi connectivity index (χ1n) is 7.80. The van der Waals surface area contributed by atoms with E-state index in [4.69, 9.17) is 12.2 Å². The molecule has 0 unspecified atom stereocenters. The molecule has 0 fully saturated rings. The monoisotopic (exact) mass is 358 g/mol. The molecule has 3 rings (SSSR count). The summed E-state index contributed by atoms with van der Waals surface area (Å²) in [5.41, 5.74) is 3.97. The predicted octanol–water partition coefficient (Wildman–Crippen LogP) is 2.60. The third-order valence-electron chi connectivity index (χ3n) is 3.93. The third-order valence-corrected chi connectivity index (χ3v) is 4.17. The maximum atomic E-state index is 12.9. The molecule has 0 radical (unpaired) electrons. The lowest BCUT2D eigenvalue weighted by Crippen LogP contribution is -2.27. The Bertz CT molecular complexity index is 868. The highest BCUT2D eigenvalue weighted by atomic mass is 32.1. The zero-order valence-electron chi connectivity index (χ0n) is 14.0. The Hall–Kier alpha value is -2.74. The summed E-state index contributed by atoms with van der Waals surface area (Å²) in [7, 11) is 1.91. The highest BCUT2D eigenvalue weighted by Gasteiger charge is 2.06. The van der Waals surface area contributed by atoms with Gasteiger partial charge in [0.05, 0.1) is 24.6 Å². The molecule has 2 N–H and O–H groups in total. The number of aryl methyl sites for hydroxylation is 1. The van der Waals surface area contributed by atoms with Gasteiger partial charge in [-0.1, -0.05) is 12.1 Å². The van der Waals surface area contributed by atoms with Gasteiger partial charge in [-0.3, -0.25) is 9.36 Å². The summed E-state index contributed by atoms with van der Waals surface area (Å²) in [5.74, 6) is -0.244. The summed E-state index contributed by atoms with van der Waals surface area (Å²) in [5, 5.41) is 15.3. The number of nitrogens with one attached hydrogen (secondary N) is 2. The highest BCUT2D eigenvalue weighted by Crippen LogP contribution is 2.09. The first-order valence-corrected chi connectivity index (χ1v) is 8.21. The molecule has 8 heteroatoms. The Morgan fingerprint density at radius 2 is 1.96 bits per heavy atom. The van der Waals surface area contributed by atoms with Crippen LogP contribution in [0.25, 0.3) is 0 Å². The number of hydrogen-bond acceptors (Lipinski definition) is 3. The molecule has 0 aliphatic heterocycles. The molecule has 0 spiro atoms. The second kappa shape index (κ2) is 7.43. The van der Waals surface area contributed by atoms with Crippen LogP contribution in [0.2, 0.25) is 0 Å². The molecule has 3 aromatic rings. The summed E-state index contributed by atoms with van der Waals surface area (Å²) < 4.78 is 16.5. The number of halogens is 1. The Kier molecular flexibility index (Phi) is 5.08. The van der Waals surface area contributed by atoms with Crippen molar-refractivity contribution >= 4 is 23.0 Å². The van der Waals surface area contributed by atoms with Gasteiger partial charge in [0.2, 0.25) is 0 Å². The van der Waals surface area contributed by atoms with E-state index >= 15 is 0 Å². The minimum Gasteiger partial charge on any atom is -0.358 e. The zero-order valence-corrected chi connectivity index (χ0v) is 14.8. The number of anilines is 1. The number of hydrogen-bond donors (Lipinski definition) is 2. The zero-order chi connectivity index (χ0) is 17.8. The van der Waals surface area contributed by atoms with E-state index in [2.05, 4.69) is 20.8 Å². The lowest BCUT2D eigenvalue weighted by Gasteiger charge is -2.08. The molecule has 130 valence electrons. The van der Waals surface area contributed by atoms with Gasteiger partial charge in [-0.2, -0.15) is 10.2 Å². The topological polar surface area (TPSA) is 59.7 Å². The Morgan fingerprint density at radius 3 is 2.64 bits per heavy atom. The van der Waals surface area contributed by atoms with E-state index in [9.17, 15) is 4.39 Å². The summed E-state index contributed by atoms with van der Waals surface area (Å²) >= 11 is 5.31. The van der Waals surface area contributed by atoms with Crippen LogP contribution in [0.15, 0.2) is 42.9 Å². The average Bonchev–Trinajstić information content (AvgIpc) is 3.15. The summed E-state index contributed by atoms with van der Waals surface area (Å²) in [6.45, 7) is 3.19. The molecule has 25 heavy (non-hydrogen) atoms. The van der Waals surface area contributed by atoms with Gasteiger partial charge in [0, 0.05) is 31.0 Å². The molecule has 0 aliphatic rings. The van der Waals surface area contributed by atoms with Crippen molar-refractivity contribution in [3.8, 4) is 0 Å². The van der Waals surface area contributed by atoms with Crippen molar-refractivity contribution in [2.75, 3.05) is 5.32 Å². The summed E-state index contributed by atoms with van der Waals surface area (Å²) in [4.78, 5) is 0. The van der Waals surface area contributed by atoms with Crippen LogP contribution >= 0.6 is 12.2 Å². The molecule has 0 amide bonds. The molecule has 1 aromatic carbocycles. The van der Waals surface area contributed by atoms with Gasteiger partial charge in [0.25, 0.3) is 0 Å². The maximum absolute atomic E-state index is 12.9. The van der Waals surface area contributed by atoms with Crippen LogP contribution in [0.3, 0.4) is 0 Å². The Morgan fingerprint density at radius 1 is 1.20 bits per heavy atom. The van der Waals surface area contributed by atoms with Crippen LogP contribution in [0.4, 0.5) is 10.1 Å². The van der Waals surface area contributed by atoms with E-state index in [1.807, 2.05) is 31.0 Å². The van der Waals surface area contributed by atoms with Crippen LogP contribution in [0.5, 0.6) is 0 Å². The van der Waals surface area contributed by atoms with E-state index < -0.39 is 0 Å². The molecular weight excluding hydrogens is 339 g/mol. The molecule has 0 atom stereocenters. The second-order valence-corrected chi connectivity index (χ2v) is 6.15. The van der Waals surface area contributed by atoms with Gasteiger partial charge in [-0.25, -0.2) is 4.39 Å². The second-order valence-electron chi connectivity index (χ2n) is 5.74. The number of nitrogens with zero attached hydrogens (tertiary/aromatic N) is 4. The van der Waals surface area contributed by atoms with Crippen molar-refractivity contribution in [3.05, 3.63) is 65.5 Å². The van der Waals surface area contributed by atoms with E-state index in [-0.39, 0.29) is 5.82 Å². The quantitative estimate of drug-likeness (QED) is 0.687. The van der Waals surface area contributed by atoms with E-state index in [1.165, 1.54) is 12.1 Å². The normalized spacial score (nSPS) is 10.7. The maximum Gasteiger partial charge on any atom is 0.171 e. The van der Waals surface area contributed by atoms with Gasteiger partial charge in [-0.05, 0) is 36.8 Å². The lowest BCUT2D eigenvalue weighted by molar-refractivity contribution is 0.624. The summed E-state index contributed by atoms with van der Waals surface area (Å²) in [6.07, 6.45) is 5.38. The fraction of sp³-hybridized carbons (Fsp3) is 0.235. The average molecular weight is 358 g/mol. The molecule has 0 bridgehead atoms. The predicted molar refractivity (Wildman–Crippen MR) is 98.7 cm³/mol. The van der Waals surface area contributed by atoms with Crippen LogP contribution in [0.1, 0.15) is 16.8 Å². The first-order chi connectivity index (χ1) is 12.0. The fourth-order valence-electron chi connectivity index (χ4n) is 2.36. The number of rotatable bonds is 5. The molecule has 0 saturated carbocycles. The molecular formula is C17H19FN6S.